The average molecular weight is 262 g/mol. The highest BCUT2D eigenvalue weighted by Gasteiger charge is 2.52. The third-order valence-electron chi connectivity index (χ3n) is 4.84. The molecule has 3 aliphatic heterocycles. The maximum absolute atomic E-state index is 12.5. The zero-order valence-electron chi connectivity index (χ0n) is 11.0. The van der Waals surface area contributed by atoms with Crippen LogP contribution < -0.4 is 9.80 Å². The molecule has 0 unspecified atom stereocenters. The molecule has 1 saturated heterocycles. The van der Waals surface area contributed by atoms with E-state index in [4.69, 9.17) is 0 Å². The number of nitrogens with zero attached hydrogens (tertiary/aromatic N) is 2. The number of fused-ring (bicyclic) bond motifs is 5. The molecule has 98 valence electrons. The van der Waals surface area contributed by atoms with Gasteiger partial charge in [0, 0.05) is 24.6 Å². The first kappa shape index (κ1) is 10.5. The lowest BCUT2D eigenvalue weighted by Gasteiger charge is -2.40. The van der Waals surface area contributed by atoms with Crippen molar-refractivity contribution in [3.05, 3.63) is 59.7 Å². The van der Waals surface area contributed by atoms with Crippen LogP contribution in [0.4, 0.5) is 11.4 Å². The maximum atomic E-state index is 12.5. The lowest BCUT2D eigenvalue weighted by Crippen LogP contribution is -2.49. The number of carbonyl (C=O) groups excluding carboxylic acids is 1. The predicted molar refractivity (Wildman–Crippen MR) is 77.7 cm³/mol. The molecule has 1 amide bonds. The number of anilines is 2. The summed E-state index contributed by atoms with van der Waals surface area (Å²) >= 11 is 0. The highest BCUT2D eigenvalue weighted by atomic mass is 16.2. The molecule has 1 fully saturated rings. The third kappa shape index (κ3) is 1.10. The SMILES string of the molecule is O=C1C[C@H]2c3ccccc3N3Cc4ccccc4N1[C@@H]23. The molecule has 3 heterocycles. The first-order valence-electron chi connectivity index (χ1n) is 7.10. The number of benzene rings is 2. The number of para-hydroxylation sites is 2. The standard InChI is InChI=1S/C17H14N2O/c20-16-9-13-12-6-2-4-8-15(12)18-10-11-5-1-3-7-14(11)19(16)17(13)18/h1-8,13,17H,9-10H2/t13-,17-/m0/s1. The van der Waals surface area contributed by atoms with E-state index in [0.717, 1.165) is 12.2 Å². The summed E-state index contributed by atoms with van der Waals surface area (Å²) in [5.74, 6) is 0.582. The van der Waals surface area contributed by atoms with E-state index in [0.29, 0.717) is 12.3 Å². The van der Waals surface area contributed by atoms with E-state index in [1.165, 1.54) is 16.8 Å². The van der Waals surface area contributed by atoms with Crippen LogP contribution in [-0.4, -0.2) is 12.1 Å². The molecule has 0 bridgehead atoms. The molecule has 20 heavy (non-hydrogen) atoms. The van der Waals surface area contributed by atoms with Gasteiger partial charge < -0.3 is 4.90 Å². The Morgan fingerprint density at radius 1 is 0.950 bits per heavy atom. The van der Waals surface area contributed by atoms with Crippen LogP contribution in [0.2, 0.25) is 0 Å². The zero-order valence-corrected chi connectivity index (χ0v) is 11.0. The van der Waals surface area contributed by atoms with Crippen molar-refractivity contribution in [1.82, 2.24) is 0 Å². The molecule has 2 atom stereocenters. The van der Waals surface area contributed by atoms with Gasteiger partial charge in [-0.3, -0.25) is 9.69 Å². The number of amides is 1. The predicted octanol–water partition coefficient (Wildman–Crippen LogP) is 2.87. The highest BCUT2D eigenvalue weighted by Crippen LogP contribution is 2.52. The van der Waals surface area contributed by atoms with Crippen molar-refractivity contribution in [1.29, 1.82) is 0 Å². The highest BCUT2D eigenvalue weighted by molar-refractivity contribution is 6.01. The molecule has 0 aromatic heterocycles. The first-order valence-corrected chi connectivity index (χ1v) is 7.10. The third-order valence-corrected chi connectivity index (χ3v) is 4.84. The van der Waals surface area contributed by atoms with Gasteiger partial charge in [-0.2, -0.15) is 0 Å². The van der Waals surface area contributed by atoms with Gasteiger partial charge >= 0.3 is 0 Å². The van der Waals surface area contributed by atoms with Crippen molar-refractivity contribution < 1.29 is 4.79 Å². The van der Waals surface area contributed by atoms with E-state index in [1.807, 2.05) is 11.0 Å². The monoisotopic (exact) mass is 262 g/mol. The minimum absolute atomic E-state index is 0.190. The summed E-state index contributed by atoms with van der Waals surface area (Å²) in [6, 6.07) is 16.8. The van der Waals surface area contributed by atoms with Crippen LogP contribution in [0.15, 0.2) is 48.5 Å². The summed E-state index contributed by atoms with van der Waals surface area (Å²) in [4.78, 5) is 16.9. The van der Waals surface area contributed by atoms with Gasteiger partial charge in [-0.05, 0) is 23.3 Å². The first-order chi connectivity index (χ1) is 9.84. The summed E-state index contributed by atoms with van der Waals surface area (Å²) < 4.78 is 0. The van der Waals surface area contributed by atoms with Crippen molar-refractivity contribution in [2.75, 3.05) is 9.80 Å². The van der Waals surface area contributed by atoms with Gasteiger partial charge in [0.2, 0.25) is 5.91 Å². The number of hydrogen-bond donors (Lipinski definition) is 0. The Kier molecular flexibility index (Phi) is 1.80. The van der Waals surface area contributed by atoms with Crippen molar-refractivity contribution in [3.63, 3.8) is 0 Å². The van der Waals surface area contributed by atoms with Gasteiger partial charge in [0.25, 0.3) is 0 Å². The number of carbonyl (C=O) groups is 1. The smallest absolute Gasteiger partial charge is 0.229 e. The molecule has 5 rings (SSSR count). The van der Waals surface area contributed by atoms with E-state index in [-0.39, 0.29) is 12.1 Å². The van der Waals surface area contributed by atoms with E-state index in [1.54, 1.807) is 0 Å². The summed E-state index contributed by atoms with van der Waals surface area (Å²) in [6.07, 6.45) is 0.821. The van der Waals surface area contributed by atoms with Gasteiger partial charge in [-0.25, -0.2) is 0 Å². The maximum Gasteiger partial charge on any atom is 0.229 e. The topological polar surface area (TPSA) is 23.6 Å². The summed E-state index contributed by atoms with van der Waals surface area (Å²) in [7, 11) is 0. The van der Waals surface area contributed by atoms with Crippen LogP contribution in [0.5, 0.6) is 0 Å². The average Bonchev–Trinajstić information content (AvgIpc) is 2.98. The summed E-state index contributed by atoms with van der Waals surface area (Å²) in [5, 5.41) is 0. The van der Waals surface area contributed by atoms with Crippen LogP contribution in [0.1, 0.15) is 23.5 Å². The van der Waals surface area contributed by atoms with Crippen LogP contribution >= 0.6 is 0 Å². The molecule has 3 aliphatic rings. The fraction of sp³-hybridized carbons (Fsp3) is 0.235. The Balaban J connectivity index is 1.77. The Labute approximate surface area is 117 Å². The fourth-order valence-corrected chi connectivity index (χ4v) is 4.07. The van der Waals surface area contributed by atoms with Crippen molar-refractivity contribution in [2.24, 2.45) is 0 Å². The van der Waals surface area contributed by atoms with Crippen LogP contribution in [0.3, 0.4) is 0 Å². The summed E-state index contributed by atoms with van der Waals surface area (Å²) in [6.45, 7) is 0.901. The minimum Gasteiger partial charge on any atom is -0.345 e. The van der Waals surface area contributed by atoms with Crippen LogP contribution in [0.25, 0.3) is 0 Å². The molecule has 2 aromatic carbocycles. The van der Waals surface area contributed by atoms with Gasteiger partial charge in [0.15, 0.2) is 0 Å². The largest absolute Gasteiger partial charge is 0.345 e. The van der Waals surface area contributed by atoms with Gasteiger partial charge in [-0.1, -0.05) is 36.4 Å². The molecular weight excluding hydrogens is 248 g/mol. The number of rotatable bonds is 0. The minimum atomic E-state index is 0.190. The molecule has 2 aromatic rings. The van der Waals surface area contributed by atoms with Crippen molar-refractivity contribution >= 4 is 17.3 Å². The molecule has 3 nitrogen and oxygen atoms in total. The van der Waals surface area contributed by atoms with E-state index >= 15 is 0 Å². The van der Waals surface area contributed by atoms with Crippen molar-refractivity contribution in [3.8, 4) is 0 Å². The molecule has 0 spiro atoms. The van der Waals surface area contributed by atoms with E-state index in [9.17, 15) is 4.79 Å². The van der Waals surface area contributed by atoms with Crippen LogP contribution in [0, 0.1) is 0 Å². The second-order valence-electron chi connectivity index (χ2n) is 5.80. The fourth-order valence-electron chi connectivity index (χ4n) is 4.07. The molecule has 0 aliphatic carbocycles. The second kappa shape index (κ2) is 3.42. The quantitative estimate of drug-likeness (QED) is 0.729. The number of hydrogen-bond acceptors (Lipinski definition) is 2. The molecule has 3 heteroatoms. The molecule has 0 radical (unpaired) electrons. The Morgan fingerprint density at radius 2 is 1.70 bits per heavy atom. The van der Waals surface area contributed by atoms with E-state index in [2.05, 4.69) is 47.4 Å². The van der Waals surface area contributed by atoms with Crippen molar-refractivity contribution in [2.45, 2.75) is 25.0 Å². The lowest BCUT2D eigenvalue weighted by molar-refractivity contribution is -0.117. The second-order valence-corrected chi connectivity index (χ2v) is 5.80. The molecular formula is C17H14N2O. The van der Waals surface area contributed by atoms with Gasteiger partial charge in [-0.15, -0.1) is 0 Å². The molecule has 0 saturated carbocycles. The normalized spacial score (nSPS) is 25.5. The van der Waals surface area contributed by atoms with Gasteiger partial charge in [0.05, 0.1) is 5.69 Å². The Bertz CT molecular complexity index is 739. The molecule has 0 N–H and O–H groups in total. The summed E-state index contributed by atoms with van der Waals surface area (Å²) in [5.41, 5.74) is 4.99. The van der Waals surface area contributed by atoms with E-state index < -0.39 is 0 Å². The Hall–Kier alpha value is -2.29. The lowest BCUT2D eigenvalue weighted by atomic mass is 9.98. The van der Waals surface area contributed by atoms with Crippen LogP contribution in [-0.2, 0) is 11.3 Å². The Morgan fingerprint density at radius 3 is 2.60 bits per heavy atom. The zero-order chi connectivity index (χ0) is 13.3. The van der Waals surface area contributed by atoms with Gasteiger partial charge in [0.1, 0.15) is 6.17 Å².